The molecule has 3 nitrogen and oxygen atoms in total. The SMILES string of the molecule is CC(=O)O.O.[Rh]. The predicted molar refractivity (Wildman–Crippen MR) is 16.9 cm³/mol. The molecular weight excluding hydrogens is 175 g/mol. The third-order valence-electron chi connectivity index (χ3n) is 0. The average Bonchev–Trinajstić information content (AvgIpc) is 0.811. The summed E-state index contributed by atoms with van der Waals surface area (Å²) in [6, 6.07) is 0. The second-order valence-electron chi connectivity index (χ2n) is 0.519. The van der Waals surface area contributed by atoms with Crippen LogP contribution in [0, 0.1) is 0 Å². The number of hydrogen-bond donors (Lipinski definition) is 1. The van der Waals surface area contributed by atoms with Gasteiger partial charge in [0.05, 0.1) is 0 Å². The minimum absolute atomic E-state index is 0. The molecule has 0 aromatic carbocycles. The Morgan fingerprint density at radius 2 is 1.67 bits per heavy atom. The molecule has 4 heteroatoms. The minimum atomic E-state index is -0.833. The first-order valence-electron chi connectivity index (χ1n) is 0.928. The third kappa shape index (κ3) is 13300. The van der Waals surface area contributed by atoms with Crippen molar-refractivity contribution in [3.8, 4) is 0 Å². The molecule has 3 N–H and O–H groups in total. The molecule has 0 amide bonds. The van der Waals surface area contributed by atoms with Gasteiger partial charge in [0.15, 0.2) is 0 Å². The van der Waals surface area contributed by atoms with Crippen molar-refractivity contribution >= 4 is 5.97 Å². The molecule has 1 radical (unpaired) electrons. The number of aliphatic carboxylic acids is 1. The van der Waals surface area contributed by atoms with Gasteiger partial charge < -0.3 is 10.6 Å². The van der Waals surface area contributed by atoms with E-state index >= 15 is 0 Å². The predicted octanol–water partition coefficient (Wildman–Crippen LogP) is -0.736. The Morgan fingerprint density at radius 3 is 1.67 bits per heavy atom. The molecule has 0 saturated heterocycles. The van der Waals surface area contributed by atoms with E-state index in [1.165, 1.54) is 0 Å². The summed E-state index contributed by atoms with van der Waals surface area (Å²) in [5.41, 5.74) is 0. The van der Waals surface area contributed by atoms with Gasteiger partial charge in [-0.25, -0.2) is 0 Å². The van der Waals surface area contributed by atoms with Crippen LogP contribution in [-0.2, 0) is 24.3 Å². The molecule has 0 aromatic heterocycles. The Bertz CT molecular complexity index is 31.8. The van der Waals surface area contributed by atoms with Crippen LogP contribution in [0.3, 0.4) is 0 Å². The van der Waals surface area contributed by atoms with Gasteiger partial charge in [0.25, 0.3) is 5.97 Å². The Morgan fingerprint density at radius 1 is 1.67 bits per heavy atom. The number of carboxylic acid groups (broad SMARTS) is 1. The zero-order valence-electron chi connectivity index (χ0n) is 3.19. The van der Waals surface area contributed by atoms with Crippen LogP contribution in [0.25, 0.3) is 0 Å². The molecule has 6 heavy (non-hydrogen) atoms. The summed E-state index contributed by atoms with van der Waals surface area (Å²) in [5, 5.41) is 7.42. The zero-order valence-corrected chi connectivity index (χ0v) is 4.83. The maximum Gasteiger partial charge on any atom is 0.300 e. The van der Waals surface area contributed by atoms with Crippen LogP contribution in [-0.4, -0.2) is 16.6 Å². The van der Waals surface area contributed by atoms with Gasteiger partial charge in [0.1, 0.15) is 0 Å². The van der Waals surface area contributed by atoms with E-state index in [2.05, 4.69) is 0 Å². The normalized spacial score (nSPS) is 4.17. The van der Waals surface area contributed by atoms with Gasteiger partial charge in [-0.15, -0.1) is 0 Å². The van der Waals surface area contributed by atoms with E-state index in [9.17, 15) is 0 Å². The molecule has 0 aliphatic rings. The largest absolute Gasteiger partial charge is 0.481 e. The smallest absolute Gasteiger partial charge is 0.300 e. The van der Waals surface area contributed by atoms with Gasteiger partial charge in [0.2, 0.25) is 0 Å². The third-order valence-corrected chi connectivity index (χ3v) is 0. The van der Waals surface area contributed by atoms with E-state index in [1.54, 1.807) is 0 Å². The number of hydrogen-bond acceptors (Lipinski definition) is 1. The average molecular weight is 181 g/mol. The van der Waals surface area contributed by atoms with Crippen molar-refractivity contribution in [1.82, 2.24) is 0 Å². The fourth-order valence-corrected chi connectivity index (χ4v) is 0. The van der Waals surface area contributed by atoms with Crippen molar-refractivity contribution in [3.63, 3.8) is 0 Å². The quantitative estimate of drug-likeness (QED) is 0.500. The van der Waals surface area contributed by atoms with Gasteiger partial charge in [-0.2, -0.15) is 0 Å². The number of carboxylic acids is 1. The molecule has 0 rings (SSSR count). The van der Waals surface area contributed by atoms with E-state index in [-0.39, 0.29) is 25.0 Å². The van der Waals surface area contributed by atoms with Crippen LogP contribution in [0.5, 0.6) is 0 Å². The molecule has 0 bridgehead atoms. The fourth-order valence-electron chi connectivity index (χ4n) is 0. The van der Waals surface area contributed by atoms with E-state index < -0.39 is 5.97 Å². The van der Waals surface area contributed by atoms with Gasteiger partial charge in [-0.3, -0.25) is 4.79 Å². The maximum absolute atomic E-state index is 9.00. The van der Waals surface area contributed by atoms with Crippen molar-refractivity contribution in [2.24, 2.45) is 0 Å². The Balaban J connectivity index is -0.0000000450. The topological polar surface area (TPSA) is 68.8 Å². The van der Waals surface area contributed by atoms with Crippen molar-refractivity contribution in [1.29, 1.82) is 0 Å². The monoisotopic (exact) mass is 181 g/mol. The van der Waals surface area contributed by atoms with Crippen molar-refractivity contribution in [2.45, 2.75) is 6.92 Å². The summed E-state index contributed by atoms with van der Waals surface area (Å²) in [6.07, 6.45) is 0. The molecule has 0 saturated carbocycles. The van der Waals surface area contributed by atoms with Crippen molar-refractivity contribution in [3.05, 3.63) is 0 Å². The summed E-state index contributed by atoms with van der Waals surface area (Å²) in [6.45, 7) is 1.08. The number of carbonyl (C=O) groups is 1. The molecular formula is C2H6O3Rh. The first-order chi connectivity index (χ1) is 1.73. The van der Waals surface area contributed by atoms with Gasteiger partial charge in [-0.05, 0) is 0 Å². The van der Waals surface area contributed by atoms with E-state index in [4.69, 9.17) is 9.90 Å². The molecule has 0 aromatic rings. The Hall–Kier alpha value is 0.0534. The van der Waals surface area contributed by atoms with Crippen LogP contribution < -0.4 is 0 Å². The van der Waals surface area contributed by atoms with Crippen LogP contribution in [0.4, 0.5) is 0 Å². The summed E-state index contributed by atoms with van der Waals surface area (Å²) in [5.74, 6) is -0.833. The molecule has 0 atom stereocenters. The minimum Gasteiger partial charge on any atom is -0.481 e. The molecule has 0 unspecified atom stereocenters. The number of rotatable bonds is 0. The summed E-state index contributed by atoms with van der Waals surface area (Å²) >= 11 is 0. The summed E-state index contributed by atoms with van der Waals surface area (Å²) in [4.78, 5) is 9.00. The first kappa shape index (κ1) is 16.6. The maximum atomic E-state index is 9.00. The van der Waals surface area contributed by atoms with E-state index in [1.807, 2.05) is 0 Å². The molecule has 0 spiro atoms. The van der Waals surface area contributed by atoms with Crippen LogP contribution in [0.2, 0.25) is 0 Å². The fraction of sp³-hybridized carbons (Fsp3) is 0.500. The molecule has 41 valence electrons. The Kier molecular flexibility index (Phi) is 24.6. The molecule has 0 heterocycles. The summed E-state index contributed by atoms with van der Waals surface area (Å²) < 4.78 is 0. The molecule has 0 fully saturated rings. The van der Waals surface area contributed by atoms with Gasteiger partial charge in [-0.1, -0.05) is 0 Å². The second kappa shape index (κ2) is 8.91. The van der Waals surface area contributed by atoms with Crippen LogP contribution in [0.15, 0.2) is 0 Å². The van der Waals surface area contributed by atoms with Crippen molar-refractivity contribution in [2.75, 3.05) is 0 Å². The van der Waals surface area contributed by atoms with E-state index in [0.717, 1.165) is 6.92 Å². The molecule has 0 aliphatic heterocycles. The van der Waals surface area contributed by atoms with Gasteiger partial charge in [0, 0.05) is 26.4 Å². The standard InChI is InChI=1S/C2H4O2.H2O.Rh/c1-2(3)4;;/h1H3,(H,3,4);1H2;. The molecule has 0 aliphatic carbocycles. The summed E-state index contributed by atoms with van der Waals surface area (Å²) in [7, 11) is 0. The van der Waals surface area contributed by atoms with E-state index in [0.29, 0.717) is 0 Å². The van der Waals surface area contributed by atoms with Crippen LogP contribution in [0.1, 0.15) is 6.92 Å². The Labute approximate surface area is 48.4 Å². The second-order valence-corrected chi connectivity index (χ2v) is 0.519. The van der Waals surface area contributed by atoms with Crippen molar-refractivity contribution < 1.29 is 34.9 Å². The zero-order chi connectivity index (χ0) is 3.58. The first-order valence-corrected chi connectivity index (χ1v) is 0.928. The van der Waals surface area contributed by atoms with Gasteiger partial charge >= 0.3 is 0 Å². The van der Waals surface area contributed by atoms with Crippen LogP contribution >= 0.6 is 0 Å².